The van der Waals surface area contributed by atoms with Crippen molar-refractivity contribution < 1.29 is 14.3 Å². The molecule has 0 aliphatic carbocycles. The van der Waals surface area contributed by atoms with E-state index in [1.807, 2.05) is 31.2 Å². The maximum Gasteiger partial charge on any atom is 0.260 e. The highest BCUT2D eigenvalue weighted by molar-refractivity contribution is 6.42. The monoisotopic (exact) mass is 420 g/mol. The molecule has 28 heavy (non-hydrogen) atoms. The molecule has 148 valence electrons. The molecule has 2 aromatic carbocycles. The Hall–Kier alpha value is -2.24. The Morgan fingerprint density at radius 1 is 0.964 bits per heavy atom. The minimum atomic E-state index is -0.112. The van der Waals surface area contributed by atoms with Gasteiger partial charge in [-0.15, -0.1) is 0 Å². The van der Waals surface area contributed by atoms with Crippen molar-refractivity contribution in [2.24, 2.45) is 0 Å². The van der Waals surface area contributed by atoms with Gasteiger partial charge < -0.3 is 14.5 Å². The van der Waals surface area contributed by atoms with E-state index in [-0.39, 0.29) is 18.4 Å². The first-order valence-corrected chi connectivity index (χ1v) is 9.98. The smallest absolute Gasteiger partial charge is 0.260 e. The third-order valence-electron chi connectivity index (χ3n) is 4.79. The summed E-state index contributed by atoms with van der Waals surface area (Å²) in [5.41, 5.74) is 1.57. The number of nitrogens with zero attached hydrogens (tertiary/aromatic N) is 2. The number of ether oxygens (including phenoxy) is 1. The van der Waals surface area contributed by atoms with E-state index >= 15 is 0 Å². The van der Waals surface area contributed by atoms with Gasteiger partial charge in [0.15, 0.2) is 6.61 Å². The summed E-state index contributed by atoms with van der Waals surface area (Å²) in [6.45, 7) is 3.94. The number of para-hydroxylation sites is 1. The summed E-state index contributed by atoms with van der Waals surface area (Å²) < 4.78 is 5.71. The van der Waals surface area contributed by atoms with Crippen LogP contribution in [0.5, 0.6) is 5.75 Å². The molecule has 3 rings (SSSR count). The molecule has 0 atom stereocenters. The fourth-order valence-corrected chi connectivity index (χ4v) is 3.44. The second-order valence-corrected chi connectivity index (χ2v) is 7.37. The van der Waals surface area contributed by atoms with E-state index in [0.29, 0.717) is 41.8 Å². The van der Waals surface area contributed by atoms with Crippen molar-refractivity contribution >= 4 is 35.0 Å². The molecule has 2 amide bonds. The molecule has 5 nitrogen and oxygen atoms in total. The molecule has 0 saturated carbocycles. The van der Waals surface area contributed by atoms with Crippen molar-refractivity contribution in [2.45, 2.75) is 13.3 Å². The van der Waals surface area contributed by atoms with Crippen molar-refractivity contribution in [3.05, 3.63) is 63.6 Å². The molecule has 0 radical (unpaired) electrons. The highest BCUT2D eigenvalue weighted by Gasteiger charge is 2.25. The molecule has 0 aromatic heterocycles. The lowest BCUT2D eigenvalue weighted by Crippen LogP contribution is -2.51. The molecule has 0 N–H and O–H groups in total. The van der Waals surface area contributed by atoms with Gasteiger partial charge in [0.2, 0.25) is 0 Å². The zero-order chi connectivity index (χ0) is 20.1. The molecular weight excluding hydrogens is 399 g/mol. The lowest BCUT2D eigenvalue weighted by Gasteiger charge is -2.34. The fourth-order valence-electron chi connectivity index (χ4n) is 3.14. The van der Waals surface area contributed by atoms with Crippen molar-refractivity contribution in [3.8, 4) is 5.75 Å². The van der Waals surface area contributed by atoms with Gasteiger partial charge in [0, 0.05) is 31.7 Å². The molecule has 1 saturated heterocycles. The Morgan fingerprint density at radius 2 is 1.64 bits per heavy atom. The van der Waals surface area contributed by atoms with Crippen LogP contribution in [0.25, 0.3) is 0 Å². The Balaban J connectivity index is 1.52. The van der Waals surface area contributed by atoms with Gasteiger partial charge in [0.25, 0.3) is 11.8 Å². The van der Waals surface area contributed by atoms with Gasteiger partial charge in [0.05, 0.1) is 10.0 Å². The summed E-state index contributed by atoms with van der Waals surface area (Å²) in [5.74, 6) is 0.554. The Labute approximate surface area is 174 Å². The lowest BCUT2D eigenvalue weighted by molar-refractivity contribution is -0.134. The summed E-state index contributed by atoms with van der Waals surface area (Å²) in [5, 5.41) is 0.768. The van der Waals surface area contributed by atoms with Crippen LogP contribution in [0, 0.1) is 0 Å². The zero-order valence-electron chi connectivity index (χ0n) is 15.7. The van der Waals surface area contributed by atoms with Gasteiger partial charge >= 0.3 is 0 Å². The molecule has 1 aliphatic heterocycles. The van der Waals surface area contributed by atoms with Crippen LogP contribution in [0.15, 0.2) is 42.5 Å². The number of rotatable bonds is 5. The first-order chi connectivity index (χ1) is 13.5. The van der Waals surface area contributed by atoms with Crippen molar-refractivity contribution in [2.75, 3.05) is 32.8 Å². The highest BCUT2D eigenvalue weighted by Crippen LogP contribution is 2.23. The first-order valence-electron chi connectivity index (χ1n) is 9.22. The molecular formula is C21H22Cl2N2O3. The molecule has 1 heterocycles. The quantitative estimate of drug-likeness (QED) is 0.736. The summed E-state index contributed by atoms with van der Waals surface area (Å²) in [6.07, 6.45) is 0.847. The predicted molar refractivity (Wildman–Crippen MR) is 110 cm³/mol. The van der Waals surface area contributed by atoms with Gasteiger partial charge in [-0.25, -0.2) is 0 Å². The van der Waals surface area contributed by atoms with Crippen LogP contribution in [0.3, 0.4) is 0 Å². The predicted octanol–water partition coefficient (Wildman–Crippen LogP) is 3.92. The van der Waals surface area contributed by atoms with E-state index in [0.717, 1.165) is 17.7 Å². The third kappa shape index (κ3) is 4.78. The number of amides is 2. The SMILES string of the molecule is CCc1ccccc1OCC(=O)N1CCN(C(=O)c2ccc(Cl)c(Cl)c2)CC1. The maximum atomic E-state index is 12.6. The van der Waals surface area contributed by atoms with Crippen molar-refractivity contribution in [3.63, 3.8) is 0 Å². The maximum absolute atomic E-state index is 12.6. The lowest BCUT2D eigenvalue weighted by atomic mass is 10.1. The second kappa shape index (κ2) is 9.30. The average molecular weight is 421 g/mol. The van der Waals surface area contributed by atoms with Crippen LogP contribution in [0.1, 0.15) is 22.8 Å². The number of carbonyl (C=O) groups is 2. The number of hydrogen-bond donors (Lipinski definition) is 0. The Bertz CT molecular complexity index is 864. The molecule has 0 spiro atoms. The van der Waals surface area contributed by atoms with Gasteiger partial charge in [-0.2, -0.15) is 0 Å². The first kappa shape index (κ1) is 20.5. The zero-order valence-corrected chi connectivity index (χ0v) is 17.2. The number of aryl methyl sites for hydroxylation is 1. The number of carbonyl (C=O) groups excluding carboxylic acids is 2. The highest BCUT2D eigenvalue weighted by atomic mass is 35.5. The van der Waals surface area contributed by atoms with Crippen LogP contribution in [0.4, 0.5) is 0 Å². The van der Waals surface area contributed by atoms with E-state index < -0.39 is 0 Å². The molecule has 7 heteroatoms. The molecule has 1 fully saturated rings. The normalized spacial score (nSPS) is 14.1. The summed E-state index contributed by atoms with van der Waals surface area (Å²) in [6, 6.07) is 12.6. The van der Waals surface area contributed by atoms with Gasteiger partial charge in [-0.1, -0.05) is 48.3 Å². The fraction of sp³-hybridized carbons (Fsp3) is 0.333. The van der Waals surface area contributed by atoms with Crippen molar-refractivity contribution in [1.29, 1.82) is 0 Å². The van der Waals surface area contributed by atoms with E-state index in [9.17, 15) is 9.59 Å². The summed E-state index contributed by atoms with van der Waals surface area (Å²) in [7, 11) is 0. The molecule has 0 unspecified atom stereocenters. The van der Waals surface area contributed by atoms with E-state index in [4.69, 9.17) is 27.9 Å². The number of benzene rings is 2. The van der Waals surface area contributed by atoms with Crippen LogP contribution in [0.2, 0.25) is 10.0 Å². The number of halogens is 2. The van der Waals surface area contributed by atoms with E-state index in [1.54, 1.807) is 28.0 Å². The van der Waals surface area contributed by atoms with Crippen molar-refractivity contribution in [1.82, 2.24) is 9.80 Å². The topological polar surface area (TPSA) is 49.9 Å². The second-order valence-electron chi connectivity index (χ2n) is 6.55. The van der Waals surface area contributed by atoms with Gasteiger partial charge in [-0.3, -0.25) is 9.59 Å². The molecule has 0 bridgehead atoms. The van der Waals surface area contributed by atoms with Gasteiger partial charge in [-0.05, 0) is 36.2 Å². The van der Waals surface area contributed by atoms with Crippen LogP contribution in [-0.4, -0.2) is 54.4 Å². The average Bonchev–Trinajstić information content (AvgIpc) is 2.73. The number of piperazine rings is 1. The van der Waals surface area contributed by atoms with E-state index in [1.165, 1.54) is 0 Å². The minimum Gasteiger partial charge on any atom is -0.483 e. The van der Waals surface area contributed by atoms with Crippen LogP contribution >= 0.6 is 23.2 Å². The summed E-state index contributed by atoms with van der Waals surface area (Å²) >= 11 is 11.9. The third-order valence-corrected chi connectivity index (χ3v) is 5.53. The molecule has 2 aromatic rings. The summed E-state index contributed by atoms with van der Waals surface area (Å²) in [4.78, 5) is 28.5. The van der Waals surface area contributed by atoms with Gasteiger partial charge in [0.1, 0.15) is 5.75 Å². The number of hydrogen-bond acceptors (Lipinski definition) is 3. The Morgan fingerprint density at radius 3 is 2.32 bits per heavy atom. The van der Waals surface area contributed by atoms with Crippen LogP contribution < -0.4 is 4.74 Å². The minimum absolute atomic E-state index is 0.00223. The molecule has 1 aliphatic rings. The Kier molecular flexibility index (Phi) is 6.81. The largest absolute Gasteiger partial charge is 0.483 e. The standard InChI is InChI=1S/C21H22Cl2N2O3/c1-2-15-5-3-4-6-19(15)28-14-20(26)24-9-11-25(12-10-24)21(27)16-7-8-17(22)18(23)13-16/h3-8,13H,2,9-12,14H2,1H3. The van der Waals surface area contributed by atoms with E-state index in [2.05, 4.69) is 0 Å². The van der Waals surface area contributed by atoms with Crippen LogP contribution in [-0.2, 0) is 11.2 Å².